The van der Waals surface area contributed by atoms with Crippen LogP contribution in [0.1, 0.15) is 26.8 Å². The first-order valence-corrected chi connectivity index (χ1v) is 12.5. The van der Waals surface area contributed by atoms with Crippen molar-refractivity contribution in [1.82, 2.24) is 30.0 Å². The third-order valence-electron chi connectivity index (χ3n) is 4.56. The molecule has 0 aliphatic carbocycles. The number of hydrogen-bond donors (Lipinski definition) is 4. The molecular formula is C20H25ClN8O4S. The minimum Gasteiger partial charge on any atom is -0.465 e. The Hall–Kier alpha value is -3.45. The predicted molar refractivity (Wildman–Crippen MR) is 129 cm³/mol. The van der Waals surface area contributed by atoms with Gasteiger partial charge in [0.15, 0.2) is 5.82 Å². The van der Waals surface area contributed by atoms with Crippen LogP contribution in [0.5, 0.6) is 0 Å². The molecule has 0 saturated carbocycles. The second kappa shape index (κ2) is 10.2. The number of amides is 1. The van der Waals surface area contributed by atoms with Gasteiger partial charge < -0.3 is 15.7 Å². The van der Waals surface area contributed by atoms with Gasteiger partial charge in [-0.25, -0.2) is 28.2 Å². The van der Waals surface area contributed by atoms with Crippen molar-refractivity contribution < 1.29 is 18.3 Å². The summed E-state index contributed by atoms with van der Waals surface area (Å²) in [5.41, 5.74) is 2.16. The Morgan fingerprint density at radius 3 is 2.53 bits per heavy atom. The van der Waals surface area contributed by atoms with E-state index in [1.807, 2.05) is 20.0 Å². The van der Waals surface area contributed by atoms with Crippen LogP contribution in [0.15, 0.2) is 30.7 Å². The fourth-order valence-corrected chi connectivity index (χ4v) is 3.83. The molecule has 4 N–H and O–H groups in total. The Balaban J connectivity index is 2.02. The molecule has 0 bridgehead atoms. The Kier molecular flexibility index (Phi) is 7.57. The standard InChI is InChI=1S/C20H25ClN8O4S/c1-11(2)29-10-14(15-6-8-23-19(26-15)24-9-12(3)25-20(30)31)17(27-29)13-5-7-22-18(16(13)21)28-34(4,32)33/h5-8,10-12,25H,9H2,1-4H3,(H,22,28)(H,30,31)(H,23,24,26)/t12-/m0/s1. The van der Waals surface area contributed by atoms with Crippen molar-refractivity contribution in [3.05, 3.63) is 35.7 Å². The van der Waals surface area contributed by atoms with Gasteiger partial charge in [0, 0.05) is 48.3 Å². The maximum absolute atomic E-state index is 11.7. The topological polar surface area (TPSA) is 164 Å². The second-order valence-corrected chi connectivity index (χ2v) is 9.98. The Morgan fingerprint density at radius 2 is 1.88 bits per heavy atom. The summed E-state index contributed by atoms with van der Waals surface area (Å²) in [4.78, 5) is 23.6. The molecular weight excluding hydrogens is 484 g/mol. The Bertz CT molecular complexity index is 1300. The van der Waals surface area contributed by atoms with Crippen LogP contribution in [0.4, 0.5) is 16.6 Å². The predicted octanol–water partition coefficient (Wildman–Crippen LogP) is 3.08. The summed E-state index contributed by atoms with van der Waals surface area (Å²) in [6.07, 6.45) is 4.73. The van der Waals surface area contributed by atoms with Crippen molar-refractivity contribution in [2.24, 2.45) is 0 Å². The summed E-state index contributed by atoms with van der Waals surface area (Å²) >= 11 is 6.52. The van der Waals surface area contributed by atoms with Gasteiger partial charge in [0.2, 0.25) is 16.0 Å². The summed E-state index contributed by atoms with van der Waals surface area (Å²) in [6, 6.07) is 3.02. The molecule has 0 aliphatic heterocycles. The monoisotopic (exact) mass is 508 g/mol. The van der Waals surface area contributed by atoms with E-state index in [1.165, 1.54) is 6.20 Å². The molecule has 0 aromatic carbocycles. The highest BCUT2D eigenvalue weighted by atomic mass is 35.5. The highest BCUT2D eigenvalue weighted by molar-refractivity contribution is 7.92. The molecule has 0 unspecified atom stereocenters. The number of carbonyl (C=O) groups is 1. The first kappa shape index (κ1) is 25.2. The van der Waals surface area contributed by atoms with Crippen LogP contribution < -0.4 is 15.4 Å². The van der Waals surface area contributed by atoms with Crippen molar-refractivity contribution in [1.29, 1.82) is 0 Å². The number of pyridine rings is 1. The molecule has 0 saturated heterocycles. The van der Waals surface area contributed by atoms with Crippen LogP contribution in [0.25, 0.3) is 22.5 Å². The molecule has 0 radical (unpaired) electrons. The van der Waals surface area contributed by atoms with Crippen molar-refractivity contribution in [3.63, 3.8) is 0 Å². The molecule has 1 atom stereocenters. The lowest BCUT2D eigenvalue weighted by Crippen LogP contribution is -2.36. The molecule has 3 aromatic rings. The maximum atomic E-state index is 11.7. The number of nitrogens with zero attached hydrogens (tertiary/aromatic N) is 5. The third kappa shape index (κ3) is 6.32. The van der Waals surface area contributed by atoms with Crippen molar-refractivity contribution in [3.8, 4) is 22.5 Å². The lowest BCUT2D eigenvalue weighted by molar-refractivity contribution is 0.191. The minimum atomic E-state index is -3.59. The van der Waals surface area contributed by atoms with Crippen LogP contribution in [0, 0.1) is 0 Å². The summed E-state index contributed by atoms with van der Waals surface area (Å²) in [7, 11) is -3.59. The third-order valence-corrected chi connectivity index (χ3v) is 5.50. The fraction of sp³-hybridized carbons (Fsp3) is 0.350. The molecule has 0 aliphatic rings. The number of halogens is 1. The molecule has 14 heteroatoms. The summed E-state index contributed by atoms with van der Waals surface area (Å²) in [6.45, 7) is 5.93. The Labute approximate surface area is 201 Å². The van der Waals surface area contributed by atoms with E-state index in [0.717, 1.165) is 6.26 Å². The van der Waals surface area contributed by atoms with E-state index in [9.17, 15) is 13.2 Å². The molecule has 182 valence electrons. The lowest BCUT2D eigenvalue weighted by atomic mass is 10.1. The maximum Gasteiger partial charge on any atom is 0.404 e. The molecule has 34 heavy (non-hydrogen) atoms. The number of hydrogen-bond acceptors (Lipinski definition) is 8. The number of rotatable bonds is 9. The summed E-state index contributed by atoms with van der Waals surface area (Å²) < 4.78 is 27.5. The number of carboxylic acid groups (broad SMARTS) is 1. The van der Waals surface area contributed by atoms with Crippen LogP contribution in [-0.4, -0.2) is 63.2 Å². The normalized spacial score (nSPS) is 12.4. The van der Waals surface area contributed by atoms with Crippen LogP contribution in [0.3, 0.4) is 0 Å². The molecule has 1 amide bonds. The summed E-state index contributed by atoms with van der Waals surface area (Å²) in [5.74, 6) is 0.303. The average molecular weight is 509 g/mol. The highest BCUT2D eigenvalue weighted by Gasteiger charge is 2.21. The molecule has 12 nitrogen and oxygen atoms in total. The zero-order valence-electron chi connectivity index (χ0n) is 18.9. The first-order valence-electron chi connectivity index (χ1n) is 10.2. The van der Waals surface area contributed by atoms with Crippen LogP contribution in [-0.2, 0) is 10.0 Å². The van der Waals surface area contributed by atoms with E-state index in [0.29, 0.717) is 28.5 Å². The van der Waals surface area contributed by atoms with Gasteiger partial charge >= 0.3 is 6.09 Å². The molecule has 3 rings (SSSR count). The van der Waals surface area contributed by atoms with Gasteiger partial charge in [0.1, 0.15) is 5.69 Å². The minimum absolute atomic E-state index is 0.00308. The summed E-state index contributed by atoms with van der Waals surface area (Å²) in [5, 5.41) is 19.0. The fourth-order valence-electron chi connectivity index (χ4n) is 3.02. The highest BCUT2D eigenvalue weighted by Crippen LogP contribution is 2.37. The van der Waals surface area contributed by atoms with Gasteiger partial charge in [-0.15, -0.1) is 0 Å². The van der Waals surface area contributed by atoms with Crippen molar-refractivity contribution >= 4 is 39.5 Å². The van der Waals surface area contributed by atoms with E-state index >= 15 is 0 Å². The van der Waals surface area contributed by atoms with E-state index in [-0.39, 0.29) is 29.5 Å². The smallest absolute Gasteiger partial charge is 0.404 e. The number of anilines is 2. The van der Waals surface area contributed by atoms with E-state index in [2.05, 4.69) is 35.4 Å². The molecule has 3 aromatic heterocycles. The second-order valence-electron chi connectivity index (χ2n) is 7.86. The quantitative estimate of drug-likeness (QED) is 0.340. The number of nitrogens with one attached hydrogen (secondary N) is 3. The Morgan fingerprint density at radius 1 is 1.18 bits per heavy atom. The number of sulfonamides is 1. The average Bonchev–Trinajstić information content (AvgIpc) is 3.18. The van der Waals surface area contributed by atoms with Gasteiger partial charge in [-0.1, -0.05) is 11.6 Å². The van der Waals surface area contributed by atoms with E-state index < -0.39 is 16.1 Å². The van der Waals surface area contributed by atoms with Gasteiger partial charge in [-0.2, -0.15) is 5.10 Å². The number of aromatic nitrogens is 5. The van der Waals surface area contributed by atoms with E-state index in [4.69, 9.17) is 16.7 Å². The zero-order chi connectivity index (χ0) is 25.0. The van der Waals surface area contributed by atoms with Crippen molar-refractivity contribution in [2.45, 2.75) is 32.9 Å². The van der Waals surface area contributed by atoms with Gasteiger partial charge in [-0.3, -0.25) is 9.40 Å². The van der Waals surface area contributed by atoms with Crippen LogP contribution >= 0.6 is 11.6 Å². The largest absolute Gasteiger partial charge is 0.465 e. The zero-order valence-corrected chi connectivity index (χ0v) is 20.5. The van der Waals surface area contributed by atoms with Gasteiger partial charge in [0.05, 0.1) is 17.0 Å². The van der Waals surface area contributed by atoms with Gasteiger partial charge in [-0.05, 0) is 32.9 Å². The lowest BCUT2D eigenvalue weighted by Gasteiger charge is -2.13. The van der Waals surface area contributed by atoms with E-state index in [1.54, 1.807) is 29.9 Å². The SMILES string of the molecule is CC(C)n1cc(-c2ccnc(NC[C@H](C)NC(=O)O)n2)c(-c2ccnc(NS(C)(=O)=O)c2Cl)n1. The van der Waals surface area contributed by atoms with Crippen LogP contribution in [0.2, 0.25) is 5.02 Å². The molecule has 3 heterocycles. The molecule has 0 fully saturated rings. The first-order chi connectivity index (χ1) is 15.9. The molecule has 0 spiro atoms. The van der Waals surface area contributed by atoms with Crippen molar-refractivity contribution in [2.75, 3.05) is 22.8 Å². The van der Waals surface area contributed by atoms with Gasteiger partial charge in [0.25, 0.3) is 0 Å².